The van der Waals surface area contributed by atoms with Gasteiger partial charge in [-0.2, -0.15) is 5.26 Å². The van der Waals surface area contributed by atoms with Crippen LogP contribution in [0.5, 0.6) is 5.75 Å². The van der Waals surface area contributed by atoms with Crippen LogP contribution >= 0.6 is 0 Å². The second-order valence-electron chi connectivity index (χ2n) is 12.6. The predicted molar refractivity (Wildman–Crippen MR) is 173 cm³/mol. The summed E-state index contributed by atoms with van der Waals surface area (Å²) in [4.78, 5) is 29.8. The van der Waals surface area contributed by atoms with Gasteiger partial charge in [0.1, 0.15) is 23.7 Å². The molecule has 246 valence electrons. The highest BCUT2D eigenvalue weighted by molar-refractivity contribution is 5.75. The van der Waals surface area contributed by atoms with Crippen LogP contribution in [0.4, 0.5) is 26.4 Å². The normalized spacial score (nSPS) is 23.7. The van der Waals surface area contributed by atoms with Crippen molar-refractivity contribution in [3.63, 3.8) is 0 Å². The number of aliphatic hydroxyl groups is 1. The van der Waals surface area contributed by atoms with E-state index in [0.29, 0.717) is 49.2 Å². The molecule has 4 aliphatic heterocycles. The number of nitrogens with zero attached hydrogens (tertiary/aromatic N) is 7. The lowest BCUT2D eigenvalue weighted by molar-refractivity contribution is -0.0660. The summed E-state index contributed by atoms with van der Waals surface area (Å²) >= 11 is 0. The van der Waals surface area contributed by atoms with Crippen LogP contribution in [0, 0.1) is 11.3 Å². The van der Waals surface area contributed by atoms with Crippen LogP contribution < -0.4 is 15.0 Å². The first-order valence-electron chi connectivity index (χ1n) is 16.3. The SMILES string of the molecule is N#Cc1cc(-c2nccc(Nc3ccc(N4CCN(C5COC5)CC4)cc3)n2)ccc1O[C@H]1CCN(C(=O)N2CC[C@@H](O)C2)C[C@H]1F. The molecule has 1 aromatic heterocycles. The molecular weight excluding hydrogens is 603 g/mol. The van der Waals surface area contributed by atoms with E-state index in [9.17, 15) is 15.2 Å². The standard InChI is InChI=1S/C34H39FN8O4/c35-29-20-43(34(45)42-11-8-28(44)19-42)12-9-31(29)47-30-6-1-23(17-24(30)18-36)33-37-10-7-32(39-33)38-25-2-4-26(5-3-25)40-13-15-41(16-14-40)27-21-46-22-27/h1-7,10,17,27-29,31,44H,8-9,11-16,19-22H2,(H,37,38,39)/t28-,29-,31+/m1/s1. The van der Waals surface area contributed by atoms with Gasteiger partial charge in [-0.3, -0.25) is 4.90 Å². The van der Waals surface area contributed by atoms with Gasteiger partial charge in [-0.25, -0.2) is 19.2 Å². The number of halogens is 1. The average molecular weight is 643 g/mol. The predicted octanol–water partition coefficient (Wildman–Crippen LogP) is 3.26. The number of hydrogen-bond acceptors (Lipinski definition) is 10. The maximum Gasteiger partial charge on any atom is 0.320 e. The molecule has 4 saturated heterocycles. The molecule has 13 heteroatoms. The summed E-state index contributed by atoms with van der Waals surface area (Å²) in [6.07, 6.45) is -0.242. The van der Waals surface area contributed by atoms with Crippen molar-refractivity contribution < 1.29 is 23.8 Å². The number of piperidine rings is 1. The summed E-state index contributed by atoms with van der Waals surface area (Å²) in [7, 11) is 0. The molecule has 0 saturated carbocycles. The zero-order valence-corrected chi connectivity index (χ0v) is 26.2. The van der Waals surface area contributed by atoms with Gasteiger partial charge in [-0.1, -0.05) is 0 Å². The van der Waals surface area contributed by atoms with E-state index in [1.54, 1.807) is 35.4 Å². The minimum Gasteiger partial charge on any atom is -0.486 e. The number of amides is 2. The monoisotopic (exact) mass is 642 g/mol. The number of β-amino-alcohol motifs (C(OH)–C–C–N with tert-alkyl or cyclic N) is 1. The number of anilines is 3. The van der Waals surface area contributed by atoms with E-state index in [2.05, 4.69) is 43.3 Å². The van der Waals surface area contributed by atoms with Gasteiger partial charge in [0.25, 0.3) is 0 Å². The topological polar surface area (TPSA) is 130 Å². The molecule has 2 aromatic carbocycles. The van der Waals surface area contributed by atoms with Gasteiger partial charge in [0.15, 0.2) is 12.0 Å². The Bertz CT molecular complexity index is 1610. The third-order valence-electron chi connectivity index (χ3n) is 9.43. The highest BCUT2D eigenvalue weighted by atomic mass is 19.1. The minimum atomic E-state index is -1.41. The van der Waals surface area contributed by atoms with Crippen molar-refractivity contribution in [2.24, 2.45) is 0 Å². The zero-order chi connectivity index (χ0) is 32.3. The molecule has 4 aliphatic rings. The Labute approximate surface area is 273 Å². The molecule has 7 rings (SSSR count). The van der Waals surface area contributed by atoms with Crippen molar-refractivity contribution >= 4 is 23.2 Å². The largest absolute Gasteiger partial charge is 0.486 e. The number of piperazine rings is 1. The highest BCUT2D eigenvalue weighted by Gasteiger charge is 2.37. The number of alkyl halides is 1. The Kier molecular flexibility index (Phi) is 9.06. The Morgan fingerprint density at radius 3 is 2.45 bits per heavy atom. The van der Waals surface area contributed by atoms with Gasteiger partial charge in [0.2, 0.25) is 0 Å². The molecule has 12 nitrogen and oxygen atoms in total. The lowest BCUT2D eigenvalue weighted by Gasteiger charge is -2.43. The van der Waals surface area contributed by atoms with Gasteiger partial charge >= 0.3 is 6.03 Å². The molecular formula is C34H39FN8O4. The molecule has 5 heterocycles. The van der Waals surface area contributed by atoms with Crippen molar-refractivity contribution in [2.45, 2.75) is 37.3 Å². The fraction of sp³-hybridized carbons (Fsp3) is 0.471. The quantitative estimate of drug-likeness (QED) is 0.396. The first-order chi connectivity index (χ1) is 22.9. The molecule has 4 fully saturated rings. The van der Waals surface area contributed by atoms with E-state index in [1.165, 1.54) is 10.6 Å². The fourth-order valence-electron chi connectivity index (χ4n) is 6.58. The highest BCUT2D eigenvalue weighted by Crippen LogP contribution is 2.30. The third kappa shape index (κ3) is 6.95. The minimum absolute atomic E-state index is 0.0972. The molecule has 0 aliphatic carbocycles. The summed E-state index contributed by atoms with van der Waals surface area (Å²) in [6, 6.07) is 17.6. The Hall–Kier alpha value is -4.51. The van der Waals surface area contributed by atoms with Crippen LogP contribution in [0.15, 0.2) is 54.7 Å². The van der Waals surface area contributed by atoms with E-state index in [4.69, 9.17) is 9.47 Å². The number of carbonyl (C=O) groups is 1. The molecule has 2 N–H and O–H groups in total. The van der Waals surface area contributed by atoms with Gasteiger partial charge in [0.05, 0.1) is 37.5 Å². The Morgan fingerprint density at radius 1 is 1.00 bits per heavy atom. The summed E-state index contributed by atoms with van der Waals surface area (Å²) in [6.45, 7) is 6.75. The van der Waals surface area contributed by atoms with Crippen LogP contribution in [0.1, 0.15) is 18.4 Å². The number of benzene rings is 2. The molecule has 2 amide bonds. The first-order valence-corrected chi connectivity index (χ1v) is 16.3. The summed E-state index contributed by atoms with van der Waals surface area (Å²) < 4.78 is 26.5. The van der Waals surface area contributed by atoms with Crippen LogP contribution in [0.25, 0.3) is 11.4 Å². The number of urea groups is 1. The third-order valence-corrected chi connectivity index (χ3v) is 9.43. The van der Waals surface area contributed by atoms with Crippen molar-refractivity contribution in [3.05, 3.63) is 60.3 Å². The second kappa shape index (κ2) is 13.7. The molecule has 0 unspecified atom stereocenters. The number of hydrogen-bond donors (Lipinski definition) is 2. The molecule has 0 spiro atoms. The van der Waals surface area contributed by atoms with E-state index in [0.717, 1.165) is 45.1 Å². The van der Waals surface area contributed by atoms with Crippen molar-refractivity contribution in [1.82, 2.24) is 24.7 Å². The number of ether oxygens (including phenoxy) is 2. The number of aromatic nitrogens is 2. The van der Waals surface area contributed by atoms with E-state index in [1.807, 2.05) is 12.1 Å². The van der Waals surface area contributed by atoms with Crippen LogP contribution in [-0.4, -0.2) is 126 Å². The molecule has 0 radical (unpaired) electrons. The van der Waals surface area contributed by atoms with Gasteiger partial charge < -0.3 is 34.6 Å². The first kappa shape index (κ1) is 31.1. The van der Waals surface area contributed by atoms with Gasteiger partial charge in [0, 0.05) is 75.4 Å². The van der Waals surface area contributed by atoms with E-state index < -0.39 is 18.4 Å². The maximum absolute atomic E-state index is 15.2. The van der Waals surface area contributed by atoms with Gasteiger partial charge in [-0.05, 0) is 55.0 Å². The lowest BCUT2D eigenvalue weighted by atomic mass is 10.1. The fourth-order valence-corrected chi connectivity index (χ4v) is 6.58. The lowest BCUT2D eigenvalue weighted by Crippen LogP contribution is -2.56. The Morgan fingerprint density at radius 2 is 1.77 bits per heavy atom. The van der Waals surface area contributed by atoms with Crippen LogP contribution in [-0.2, 0) is 4.74 Å². The van der Waals surface area contributed by atoms with E-state index >= 15 is 4.39 Å². The molecule has 47 heavy (non-hydrogen) atoms. The number of nitrogens with one attached hydrogen (secondary N) is 1. The smallest absolute Gasteiger partial charge is 0.320 e. The van der Waals surface area contributed by atoms with Crippen molar-refractivity contribution in [1.29, 1.82) is 5.26 Å². The molecule has 0 bridgehead atoms. The van der Waals surface area contributed by atoms with Gasteiger partial charge in [-0.15, -0.1) is 0 Å². The van der Waals surface area contributed by atoms with E-state index in [-0.39, 0.29) is 30.4 Å². The Balaban J connectivity index is 0.955. The van der Waals surface area contributed by atoms with Crippen molar-refractivity contribution in [3.8, 4) is 23.2 Å². The second-order valence-corrected chi connectivity index (χ2v) is 12.6. The summed E-state index contributed by atoms with van der Waals surface area (Å²) in [5.74, 6) is 1.33. The number of rotatable bonds is 7. The summed E-state index contributed by atoms with van der Waals surface area (Å²) in [5.41, 5.74) is 2.97. The summed E-state index contributed by atoms with van der Waals surface area (Å²) in [5, 5.41) is 23.0. The average Bonchev–Trinajstić information content (AvgIpc) is 3.51. The van der Waals surface area contributed by atoms with Crippen LogP contribution in [0.2, 0.25) is 0 Å². The number of carbonyl (C=O) groups excluding carboxylic acids is 1. The molecule has 3 atom stereocenters. The molecule has 3 aromatic rings. The number of nitriles is 1. The number of likely N-dealkylation sites (tertiary alicyclic amines) is 2. The van der Waals surface area contributed by atoms with Crippen molar-refractivity contribution in [2.75, 3.05) is 75.8 Å². The number of aliphatic hydroxyl groups excluding tert-OH is 1. The zero-order valence-electron chi connectivity index (χ0n) is 26.2. The van der Waals surface area contributed by atoms with Crippen LogP contribution in [0.3, 0.4) is 0 Å². The maximum atomic E-state index is 15.2.